The van der Waals surface area contributed by atoms with Crippen molar-refractivity contribution in [1.29, 1.82) is 0 Å². The number of piperazine rings is 1. The zero-order valence-corrected chi connectivity index (χ0v) is 10.8. The molecule has 0 saturated carbocycles. The van der Waals surface area contributed by atoms with E-state index in [2.05, 4.69) is 41.3 Å². The van der Waals surface area contributed by atoms with Gasteiger partial charge in [-0.25, -0.2) is 0 Å². The van der Waals surface area contributed by atoms with Crippen LogP contribution in [0.15, 0.2) is 17.5 Å². The maximum atomic E-state index is 9.55. The number of hydrogen-bond donors (Lipinski definition) is 1. The van der Waals surface area contributed by atoms with Crippen molar-refractivity contribution in [3.63, 3.8) is 0 Å². The van der Waals surface area contributed by atoms with Crippen LogP contribution in [0.2, 0.25) is 0 Å². The summed E-state index contributed by atoms with van der Waals surface area (Å²) in [6.07, 6.45) is 0. The van der Waals surface area contributed by atoms with Gasteiger partial charge in [-0.1, -0.05) is 6.07 Å². The normalized spacial score (nSPS) is 25.8. The molecule has 2 heterocycles. The first-order valence-electron chi connectivity index (χ1n) is 5.81. The highest BCUT2D eigenvalue weighted by molar-refractivity contribution is 7.10. The second-order valence-electron chi connectivity index (χ2n) is 4.54. The van der Waals surface area contributed by atoms with Gasteiger partial charge in [-0.2, -0.15) is 0 Å². The zero-order chi connectivity index (χ0) is 11.5. The maximum absolute atomic E-state index is 9.55. The number of rotatable bonds is 3. The molecule has 2 rings (SSSR count). The summed E-state index contributed by atoms with van der Waals surface area (Å²) in [6, 6.07) is 4.94. The fourth-order valence-corrected chi connectivity index (χ4v) is 3.08. The van der Waals surface area contributed by atoms with E-state index in [0.29, 0.717) is 6.04 Å². The predicted octanol–water partition coefficient (Wildman–Crippen LogP) is 1.42. The summed E-state index contributed by atoms with van der Waals surface area (Å²) in [5, 5.41) is 11.6. The van der Waals surface area contributed by atoms with Gasteiger partial charge in [0.25, 0.3) is 0 Å². The van der Waals surface area contributed by atoms with Crippen molar-refractivity contribution in [1.82, 2.24) is 9.80 Å². The Bertz CT molecular complexity index is 315. The van der Waals surface area contributed by atoms with Gasteiger partial charge in [0.15, 0.2) is 0 Å². The number of thiophene rings is 1. The van der Waals surface area contributed by atoms with Gasteiger partial charge in [0.2, 0.25) is 0 Å². The van der Waals surface area contributed by atoms with Crippen molar-refractivity contribution in [2.75, 3.05) is 33.3 Å². The minimum absolute atomic E-state index is 0.191. The second-order valence-corrected chi connectivity index (χ2v) is 5.52. The molecule has 2 atom stereocenters. The van der Waals surface area contributed by atoms with Crippen molar-refractivity contribution < 1.29 is 5.11 Å². The molecule has 0 aliphatic carbocycles. The lowest BCUT2D eigenvalue weighted by Gasteiger charge is -2.41. The summed E-state index contributed by atoms with van der Waals surface area (Å²) in [7, 11) is 2.17. The molecule has 1 fully saturated rings. The molecule has 0 aromatic carbocycles. The van der Waals surface area contributed by atoms with Crippen molar-refractivity contribution in [3.05, 3.63) is 22.4 Å². The number of aliphatic hydroxyl groups excluding tert-OH is 1. The molecule has 4 heteroatoms. The minimum Gasteiger partial charge on any atom is -0.394 e. The first-order chi connectivity index (χ1) is 7.72. The van der Waals surface area contributed by atoms with E-state index in [9.17, 15) is 5.11 Å². The third-order valence-corrected chi connectivity index (χ3v) is 4.45. The Morgan fingerprint density at radius 2 is 2.38 bits per heavy atom. The molecule has 0 bridgehead atoms. The number of aliphatic hydroxyl groups is 1. The third kappa shape index (κ3) is 2.46. The van der Waals surface area contributed by atoms with Gasteiger partial charge in [-0.15, -0.1) is 11.3 Å². The van der Waals surface area contributed by atoms with Crippen LogP contribution >= 0.6 is 11.3 Å². The summed E-state index contributed by atoms with van der Waals surface area (Å²) in [6.45, 7) is 5.64. The molecule has 1 aliphatic heterocycles. The number of likely N-dealkylation sites (N-methyl/N-ethyl adjacent to an activating group) is 1. The molecule has 3 nitrogen and oxygen atoms in total. The van der Waals surface area contributed by atoms with Crippen LogP contribution < -0.4 is 0 Å². The van der Waals surface area contributed by atoms with E-state index in [-0.39, 0.29) is 12.6 Å². The fraction of sp³-hybridized carbons (Fsp3) is 0.667. The van der Waals surface area contributed by atoms with Gasteiger partial charge < -0.3 is 10.0 Å². The summed E-state index contributed by atoms with van der Waals surface area (Å²) in [5.74, 6) is 0. The maximum Gasteiger partial charge on any atom is 0.0675 e. The second kappa shape index (κ2) is 5.27. The van der Waals surface area contributed by atoms with E-state index in [1.165, 1.54) is 4.88 Å². The monoisotopic (exact) mass is 240 g/mol. The summed E-state index contributed by atoms with van der Waals surface area (Å²) < 4.78 is 0. The van der Waals surface area contributed by atoms with E-state index in [0.717, 1.165) is 19.6 Å². The molecular weight excluding hydrogens is 220 g/mol. The van der Waals surface area contributed by atoms with Gasteiger partial charge in [-0.05, 0) is 25.4 Å². The van der Waals surface area contributed by atoms with Gasteiger partial charge in [-0.3, -0.25) is 4.90 Å². The van der Waals surface area contributed by atoms with E-state index in [1.54, 1.807) is 11.3 Å². The SMILES string of the molecule is CC1CN(C(CO)c2cccs2)CCN1C. The lowest BCUT2D eigenvalue weighted by atomic mass is 10.1. The van der Waals surface area contributed by atoms with Crippen LogP contribution in [0.1, 0.15) is 17.8 Å². The molecule has 16 heavy (non-hydrogen) atoms. The van der Waals surface area contributed by atoms with Crippen molar-refractivity contribution in [2.24, 2.45) is 0 Å². The average Bonchev–Trinajstić information content (AvgIpc) is 2.78. The predicted molar refractivity (Wildman–Crippen MR) is 67.8 cm³/mol. The lowest BCUT2D eigenvalue weighted by Crippen LogP contribution is -2.51. The van der Waals surface area contributed by atoms with Gasteiger partial charge in [0.05, 0.1) is 12.6 Å². The van der Waals surface area contributed by atoms with Crippen LogP contribution in [0.4, 0.5) is 0 Å². The highest BCUT2D eigenvalue weighted by atomic mass is 32.1. The van der Waals surface area contributed by atoms with Gasteiger partial charge >= 0.3 is 0 Å². The molecule has 1 aromatic heterocycles. The van der Waals surface area contributed by atoms with Crippen LogP contribution in [0.5, 0.6) is 0 Å². The Hall–Kier alpha value is -0.420. The number of nitrogens with zero attached hydrogens (tertiary/aromatic N) is 2. The molecule has 1 saturated heterocycles. The van der Waals surface area contributed by atoms with Crippen LogP contribution in [-0.4, -0.2) is 54.2 Å². The topological polar surface area (TPSA) is 26.7 Å². The highest BCUT2D eigenvalue weighted by Crippen LogP contribution is 2.26. The standard InChI is InChI=1S/C12H20N2OS/c1-10-8-14(6-5-13(10)2)11(9-15)12-4-3-7-16-12/h3-4,7,10-11,15H,5-6,8-9H2,1-2H3. The average molecular weight is 240 g/mol. The number of hydrogen-bond acceptors (Lipinski definition) is 4. The van der Waals surface area contributed by atoms with E-state index in [4.69, 9.17) is 0 Å². The zero-order valence-electron chi connectivity index (χ0n) is 9.97. The lowest BCUT2D eigenvalue weighted by molar-refractivity contribution is 0.0477. The first-order valence-corrected chi connectivity index (χ1v) is 6.69. The van der Waals surface area contributed by atoms with Gasteiger partial charge in [0.1, 0.15) is 0 Å². The van der Waals surface area contributed by atoms with Crippen LogP contribution in [0, 0.1) is 0 Å². The minimum atomic E-state index is 0.191. The summed E-state index contributed by atoms with van der Waals surface area (Å²) >= 11 is 1.74. The van der Waals surface area contributed by atoms with Crippen molar-refractivity contribution in [3.8, 4) is 0 Å². The quantitative estimate of drug-likeness (QED) is 0.865. The highest BCUT2D eigenvalue weighted by Gasteiger charge is 2.27. The Kier molecular flexibility index (Phi) is 3.97. The molecule has 1 aliphatic rings. The van der Waals surface area contributed by atoms with Crippen LogP contribution in [0.3, 0.4) is 0 Å². The largest absolute Gasteiger partial charge is 0.394 e. The molecule has 0 radical (unpaired) electrons. The fourth-order valence-electron chi connectivity index (χ4n) is 2.23. The Labute approximate surface area is 101 Å². The first kappa shape index (κ1) is 12.0. The van der Waals surface area contributed by atoms with E-state index < -0.39 is 0 Å². The molecule has 1 aromatic rings. The Morgan fingerprint density at radius 3 is 2.94 bits per heavy atom. The van der Waals surface area contributed by atoms with Crippen LogP contribution in [-0.2, 0) is 0 Å². The molecule has 1 N–H and O–H groups in total. The molecular formula is C12H20N2OS. The smallest absolute Gasteiger partial charge is 0.0675 e. The Balaban J connectivity index is 2.05. The summed E-state index contributed by atoms with van der Waals surface area (Å²) in [4.78, 5) is 6.05. The molecule has 2 unspecified atom stereocenters. The summed E-state index contributed by atoms with van der Waals surface area (Å²) in [5.41, 5.74) is 0. The Morgan fingerprint density at radius 1 is 1.56 bits per heavy atom. The van der Waals surface area contributed by atoms with E-state index in [1.807, 2.05) is 0 Å². The van der Waals surface area contributed by atoms with Crippen molar-refractivity contribution >= 4 is 11.3 Å². The molecule has 90 valence electrons. The molecule has 0 amide bonds. The van der Waals surface area contributed by atoms with Crippen LogP contribution in [0.25, 0.3) is 0 Å². The molecule has 0 spiro atoms. The third-order valence-electron chi connectivity index (χ3n) is 3.48. The van der Waals surface area contributed by atoms with Gasteiger partial charge in [0, 0.05) is 30.6 Å². The van der Waals surface area contributed by atoms with Crippen molar-refractivity contribution in [2.45, 2.75) is 19.0 Å². The van der Waals surface area contributed by atoms with E-state index >= 15 is 0 Å².